The van der Waals surface area contributed by atoms with Gasteiger partial charge in [-0.3, -0.25) is 4.79 Å². The Kier molecular flexibility index (Phi) is 7.11. The number of anilines is 1. The van der Waals surface area contributed by atoms with Crippen LogP contribution >= 0.6 is 11.8 Å². The first-order valence-electron chi connectivity index (χ1n) is 6.33. The first kappa shape index (κ1) is 15.6. The van der Waals surface area contributed by atoms with Crippen molar-refractivity contribution in [3.05, 3.63) is 36.9 Å². The average Bonchev–Trinajstić information content (AvgIpc) is 2.38. The number of nitrogens with one attached hydrogen (secondary N) is 1. The third-order valence-electron chi connectivity index (χ3n) is 2.19. The van der Waals surface area contributed by atoms with E-state index < -0.39 is 0 Å². The van der Waals surface area contributed by atoms with Crippen LogP contribution in [0.15, 0.2) is 36.9 Å². The fourth-order valence-electron chi connectivity index (χ4n) is 1.33. The van der Waals surface area contributed by atoms with Gasteiger partial charge >= 0.3 is 0 Å². The molecule has 0 bridgehead atoms. The van der Waals surface area contributed by atoms with E-state index in [2.05, 4.69) is 25.7 Å². The maximum atomic E-state index is 11.6. The number of hydrogen-bond acceptors (Lipinski definition) is 3. The van der Waals surface area contributed by atoms with Crippen LogP contribution in [0.1, 0.15) is 13.8 Å². The van der Waals surface area contributed by atoms with Crippen LogP contribution in [0, 0.1) is 5.92 Å². The minimum Gasteiger partial charge on any atom is -0.493 e. The zero-order chi connectivity index (χ0) is 14.1. The maximum absolute atomic E-state index is 11.6. The fraction of sp³-hybridized carbons (Fsp3) is 0.400. The Bertz CT molecular complexity index is 401. The molecule has 0 saturated carbocycles. The zero-order valence-corrected chi connectivity index (χ0v) is 12.3. The number of carbonyl (C=O) groups excluding carboxylic acids is 1. The highest BCUT2D eigenvalue weighted by Crippen LogP contribution is 2.16. The van der Waals surface area contributed by atoms with Crippen LogP contribution in [-0.4, -0.2) is 24.0 Å². The molecule has 0 radical (unpaired) electrons. The topological polar surface area (TPSA) is 38.3 Å². The van der Waals surface area contributed by atoms with E-state index in [1.165, 1.54) is 0 Å². The molecule has 1 aromatic carbocycles. The molecule has 3 nitrogen and oxygen atoms in total. The van der Waals surface area contributed by atoms with E-state index in [0.29, 0.717) is 18.3 Å². The van der Waals surface area contributed by atoms with Crippen LogP contribution in [-0.2, 0) is 4.79 Å². The van der Waals surface area contributed by atoms with Gasteiger partial charge in [0, 0.05) is 11.4 Å². The molecule has 0 aromatic heterocycles. The smallest absolute Gasteiger partial charge is 0.234 e. The monoisotopic (exact) mass is 279 g/mol. The minimum absolute atomic E-state index is 0.00250. The highest BCUT2D eigenvalue weighted by atomic mass is 32.2. The molecule has 0 heterocycles. The minimum atomic E-state index is 0.00250. The molecule has 19 heavy (non-hydrogen) atoms. The first-order chi connectivity index (χ1) is 9.11. The van der Waals surface area contributed by atoms with Gasteiger partial charge in [-0.1, -0.05) is 19.9 Å². The van der Waals surface area contributed by atoms with Crippen LogP contribution < -0.4 is 10.1 Å². The molecule has 0 aliphatic rings. The highest BCUT2D eigenvalue weighted by Gasteiger charge is 2.02. The van der Waals surface area contributed by atoms with Crippen LogP contribution in [0.5, 0.6) is 5.75 Å². The van der Waals surface area contributed by atoms with E-state index >= 15 is 0 Å². The van der Waals surface area contributed by atoms with Crippen LogP contribution in [0.2, 0.25) is 0 Å². The Balaban J connectivity index is 2.38. The summed E-state index contributed by atoms with van der Waals surface area (Å²) in [6.45, 7) is 8.53. The lowest BCUT2D eigenvalue weighted by Crippen LogP contribution is -2.14. The molecule has 0 saturated heterocycles. The summed E-state index contributed by atoms with van der Waals surface area (Å²) in [5, 5.41) is 2.84. The Labute approximate surface area is 119 Å². The van der Waals surface area contributed by atoms with E-state index in [1.807, 2.05) is 24.3 Å². The summed E-state index contributed by atoms with van der Waals surface area (Å²) in [4.78, 5) is 11.6. The lowest BCUT2D eigenvalue weighted by molar-refractivity contribution is -0.113. The number of rotatable bonds is 8. The van der Waals surface area contributed by atoms with E-state index in [9.17, 15) is 4.79 Å². The lowest BCUT2D eigenvalue weighted by atomic mass is 10.2. The molecular weight excluding hydrogens is 258 g/mol. The third kappa shape index (κ3) is 6.91. The standard InChI is InChI=1S/C15H21NO2S/c1-4-9-19-11-15(17)16-13-5-7-14(8-6-13)18-10-12(2)3/h4-8,12H,1,9-11H2,2-3H3,(H,16,17). The van der Waals surface area contributed by atoms with Crippen LogP contribution in [0.3, 0.4) is 0 Å². The Hall–Kier alpha value is -1.42. The van der Waals surface area contributed by atoms with Gasteiger partial charge in [0.1, 0.15) is 5.75 Å². The summed E-state index contributed by atoms with van der Waals surface area (Å²) >= 11 is 1.54. The number of amides is 1. The van der Waals surface area contributed by atoms with E-state index in [-0.39, 0.29) is 5.91 Å². The average molecular weight is 279 g/mol. The molecule has 1 N–H and O–H groups in total. The third-order valence-corrected chi connectivity index (χ3v) is 3.13. The molecule has 0 atom stereocenters. The molecule has 1 amide bonds. The summed E-state index contributed by atoms with van der Waals surface area (Å²) < 4.78 is 5.58. The van der Waals surface area contributed by atoms with Gasteiger partial charge in [0.25, 0.3) is 0 Å². The van der Waals surface area contributed by atoms with Crippen LogP contribution in [0.25, 0.3) is 0 Å². The number of carbonyl (C=O) groups is 1. The van der Waals surface area contributed by atoms with Gasteiger partial charge in [0.05, 0.1) is 12.4 Å². The summed E-state index contributed by atoms with van der Waals surface area (Å²) in [6, 6.07) is 7.45. The van der Waals surface area contributed by atoms with Crippen molar-refractivity contribution in [1.82, 2.24) is 0 Å². The van der Waals surface area contributed by atoms with Gasteiger partial charge in [-0.15, -0.1) is 18.3 Å². The van der Waals surface area contributed by atoms with Crippen LogP contribution in [0.4, 0.5) is 5.69 Å². The van der Waals surface area contributed by atoms with Gasteiger partial charge in [-0.2, -0.15) is 0 Å². The van der Waals surface area contributed by atoms with E-state index in [4.69, 9.17) is 4.74 Å². The summed E-state index contributed by atoms with van der Waals surface area (Å²) in [6.07, 6.45) is 1.79. The number of ether oxygens (including phenoxy) is 1. The number of thioether (sulfide) groups is 1. The molecule has 1 aromatic rings. The van der Waals surface area contributed by atoms with Gasteiger partial charge < -0.3 is 10.1 Å². The molecule has 104 valence electrons. The van der Waals surface area contributed by atoms with Crippen molar-refractivity contribution in [2.45, 2.75) is 13.8 Å². The molecule has 0 unspecified atom stereocenters. The second kappa shape index (κ2) is 8.64. The predicted octanol–water partition coefficient (Wildman–Crippen LogP) is 3.58. The summed E-state index contributed by atoms with van der Waals surface area (Å²) in [5.74, 6) is 2.56. The first-order valence-corrected chi connectivity index (χ1v) is 7.48. The second-order valence-electron chi connectivity index (χ2n) is 4.58. The van der Waals surface area contributed by atoms with Crippen molar-refractivity contribution in [3.8, 4) is 5.75 Å². The summed E-state index contributed by atoms with van der Waals surface area (Å²) in [5.41, 5.74) is 0.793. The molecule has 0 aliphatic heterocycles. The molecule has 0 fully saturated rings. The summed E-state index contributed by atoms with van der Waals surface area (Å²) in [7, 11) is 0. The van der Waals surface area contributed by atoms with Gasteiger partial charge in [-0.05, 0) is 30.2 Å². The van der Waals surface area contributed by atoms with Crippen molar-refractivity contribution in [3.63, 3.8) is 0 Å². The van der Waals surface area contributed by atoms with Crippen molar-refractivity contribution in [1.29, 1.82) is 0 Å². The lowest BCUT2D eigenvalue weighted by Gasteiger charge is -2.09. The number of hydrogen-bond donors (Lipinski definition) is 1. The largest absolute Gasteiger partial charge is 0.493 e. The number of benzene rings is 1. The molecule has 1 rings (SSSR count). The normalized spacial score (nSPS) is 10.3. The van der Waals surface area contributed by atoms with E-state index in [1.54, 1.807) is 17.8 Å². The fourth-order valence-corrected chi connectivity index (χ4v) is 1.87. The Morgan fingerprint density at radius 1 is 1.42 bits per heavy atom. The highest BCUT2D eigenvalue weighted by molar-refractivity contribution is 8.00. The zero-order valence-electron chi connectivity index (χ0n) is 11.5. The molecule has 0 aliphatic carbocycles. The van der Waals surface area contributed by atoms with Crippen molar-refractivity contribution in [2.24, 2.45) is 5.92 Å². The Morgan fingerprint density at radius 3 is 2.68 bits per heavy atom. The van der Waals surface area contributed by atoms with Gasteiger partial charge in [0.2, 0.25) is 5.91 Å². The SMILES string of the molecule is C=CCSCC(=O)Nc1ccc(OCC(C)C)cc1. The van der Waals surface area contributed by atoms with Crippen molar-refractivity contribution >= 4 is 23.4 Å². The molecule has 4 heteroatoms. The maximum Gasteiger partial charge on any atom is 0.234 e. The van der Waals surface area contributed by atoms with Gasteiger partial charge in [0.15, 0.2) is 0 Å². The van der Waals surface area contributed by atoms with Crippen molar-refractivity contribution < 1.29 is 9.53 Å². The molecular formula is C15H21NO2S. The predicted molar refractivity (Wildman–Crippen MR) is 82.9 cm³/mol. The van der Waals surface area contributed by atoms with Gasteiger partial charge in [-0.25, -0.2) is 0 Å². The Morgan fingerprint density at radius 2 is 2.11 bits per heavy atom. The van der Waals surface area contributed by atoms with E-state index in [0.717, 1.165) is 17.2 Å². The molecule has 0 spiro atoms. The second-order valence-corrected chi connectivity index (χ2v) is 5.61. The van der Waals surface area contributed by atoms with Crippen molar-refractivity contribution in [2.75, 3.05) is 23.4 Å². The quantitative estimate of drug-likeness (QED) is 0.584.